The molecule has 0 saturated heterocycles. The molecule has 1 rings (SSSR count). The number of rotatable bonds is 1. The van der Waals surface area contributed by atoms with E-state index in [1.54, 1.807) is 0 Å². The van der Waals surface area contributed by atoms with Crippen LogP contribution in [0.25, 0.3) is 0 Å². The van der Waals surface area contributed by atoms with Gasteiger partial charge in [-0.15, -0.1) is 0 Å². The van der Waals surface area contributed by atoms with Gasteiger partial charge in [0.25, 0.3) is 0 Å². The molecule has 3 nitrogen and oxygen atoms in total. The van der Waals surface area contributed by atoms with Crippen molar-refractivity contribution in [1.82, 2.24) is 0 Å². The minimum Gasteiger partial charge on any atom is -0.393 e. The maximum Gasteiger partial charge on any atom is 0.0944 e. The highest BCUT2D eigenvalue weighted by molar-refractivity contribution is 4.80. The molecule has 0 aromatic carbocycles. The van der Waals surface area contributed by atoms with Crippen molar-refractivity contribution >= 4 is 0 Å². The largest absolute Gasteiger partial charge is 0.393 e. The Morgan fingerprint density at radius 1 is 1.50 bits per heavy atom. The number of aliphatic hydroxyl groups is 1. The Morgan fingerprint density at radius 3 is 2.70 bits per heavy atom. The maximum atomic E-state index is 10.1. The number of hydrogen-bond acceptors (Lipinski definition) is 3. The van der Waals surface area contributed by atoms with Gasteiger partial charge in [-0.2, -0.15) is 4.91 Å². The third-order valence-electron chi connectivity index (χ3n) is 2.27. The molecule has 58 valence electrons. The molecule has 0 heterocycles. The molecule has 0 aromatic heterocycles. The summed E-state index contributed by atoms with van der Waals surface area (Å²) in [7, 11) is 0. The Labute approximate surface area is 60.4 Å². The van der Waals surface area contributed by atoms with E-state index in [4.69, 9.17) is 0 Å². The molecule has 1 aliphatic carbocycles. The van der Waals surface area contributed by atoms with Crippen LogP contribution in [0.2, 0.25) is 0 Å². The molecule has 1 saturated carbocycles. The maximum absolute atomic E-state index is 10.1. The highest BCUT2D eigenvalue weighted by Crippen LogP contribution is 2.25. The predicted octanol–water partition coefficient (Wildman–Crippen LogP) is 1.30. The minimum atomic E-state index is -0.309. The van der Waals surface area contributed by atoms with Crippen molar-refractivity contribution in [3.8, 4) is 0 Å². The second kappa shape index (κ2) is 3.10. The summed E-state index contributed by atoms with van der Waals surface area (Å²) in [6.45, 7) is 2.01. The number of nitroso groups, excluding NO2 is 1. The van der Waals surface area contributed by atoms with E-state index in [-0.39, 0.29) is 12.1 Å². The van der Waals surface area contributed by atoms with Gasteiger partial charge in [0.15, 0.2) is 0 Å². The Kier molecular flexibility index (Phi) is 2.38. The molecule has 3 heteroatoms. The van der Waals surface area contributed by atoms with Crippen molar-refractivity contribution in [2.24, 2.45) is 11.1 Å². The molecule has 0 radical (unpaired) electrons. The van der Waals surface area contributed by atoms with Crippen molar-refractivity contribution in [3.63, 3.8) is 0 Å². The normalized spacial score (nSPS) is 41.2. The first-order chi connectivity index (χ1) is 4.74. The van der Waals surface area contributed by atoms with Crippen LogP contribution in [-0.4, -0.2) is 17.3 Å². The third-order valence-corrected chi connectivity index (χ3v) is 2.27. The fourth-order valence-electron chi connectivity index (χ4n) is 1.37. The van der Waals surface area contributed by atoms with E-state index >= 15 is 0 Å². The first-order valence-corrected chi connectivity index (χ1v) is 3.74. The van der Waals surface area contributed by atoms with Gasteiger partial charge in [0.1, 0.15) is 0 Å². The molecule has 1 N–H and O–H groups in total. The van der Waals surface area contributed by atoms with Gasteiger partial charge in [-0.1, -0.05) is 12.1 Å². The fraction of sp³-hybridized carbons (Fsp3) is 1.00. The molecule has 3 atom stereocenters. The van der Waals surface area contributed by atoms with Crippen molar-refractivity contribution in [1.29, 1.82) is 0 Å². The SMILES string of the molecule is CC1CCC(N=O)CC1O. The molecule has 0 aliphatic heterocycles. The quantitative estimate of drug-likeness (QED) is 0.562. The monoisotopic (exact) mass is 143 g/mol. The summed E-state index contributed by atoms with van der Waals surface area (Å²) in [5.41, 5.74) is 0. The Morgan fingerprint density at radius 2 is 2.20 bits per heavy atom. The fourth-order valence-corrected chi connectivity index (χ4v) is 1.37. The van der Waals surface area contributed by atoms with Crippen LogP contribution in [0, 0.1) is 10.8 Å². The summed E-state index contributed by atoms with van der Waals surface area (Å²) in [6.07, 6.45) is 2.03. The highest BCUT2D eigenvalue weighted by Gasteiger charge is 2.26. The predicted molar refractivity (Wildman–Crippen MR) is 38.6 cm³/mol. The van der Waals surface area contributed by atoms with Crippen molar-refractivity contribution in [3.05, 3.63) is 4.91 Å². The molecule has 10 heavy (non-hydrogen) atoms. The van der Waals surface area contributed by atoms with Gasteiger partial charge in [-0.05, 0) is 25.2 Å². The highest BCUT2D eigenvalue weighted by atomic mass is 16.3. The zero-order valence-corrected chi connectivity index (χ0v) is 6.16. The number of nitrogens with zero attached hydrogens (tertiary/aromatic N) is 1. The summed E-state index contributed by atoms with van der Waals surface area (Å²) in [6, 6.07) is -0.133. The number of hydrogen-bond donors (Lipinski definition) is 1. The van der Waals surface area contributed by atoms with Crippen LogP contribution in [-0.2, 0) is 0 Å². The smallest absolute Gasteiger partial charge is 0.0944 e. The average Bonchev–Trinajstić information content (AvgIpc) is 1.95. The molecule has 0 bridgehead atoms. The van der Waals surface area contributed by atoms with E-state index in [1.165, 1.54) is 0 Å². The zero-order chi connectivity index (χ0) is 7.56. The van der Waals surface area contributed by atoms with E-state index in [1.807, 2.05) is 6.92 Å². The lowest BCUT2D eigenvalue weighted by Crippen LogP contribution is -2.29. The summed E-state index contributed by atoms with van der Waals surface area (Å²) >= 11 is 0. The lowest BCUT2D eigenvalue weighted by molar-refractivity contribution is 0.0709. The third kappa shape index (κ3) is 1.53. The van der Waals surface area contributed by atoms with Crippen LogP contribution < -0.4 is 0 Å². The summed E-state index contributed by atoms with van der Waals surface area (Å²) in [5.74, 6) is 0.345. The van der Waals surface area contributed by atoms with Gasteiger partial charge in [-0.3, -0.25) is 0 Å². The Balaban J connectivity index is 2.40. The molecule has 1 aliphatic rings. The molecule has 0 aromatic rings. The van der Waals surface area contributed by atoms with Gasteiger partial charge in [-0.25, -0.2) is 0 Å². The topological polar surface area (TPSA) is 49.7 Å². The summed E-state index contributed by atoms with van der Waals surface area (Å²) in [5, 5.41) is 12.2. The first-order valence-electron chi connectivity index (χ1n) is 3.74. The second-order valence-corrected chi connectivity index (χ2v) is 3.12. The van der Waals surface area contributed by atoms with Crippen LogP contribution in [0.5, 0.6) is 0 Å². The van der Waals surface area contributed by atoms with Crippen LogP contribution in [0.3, 0.4) is 0 Å². The van der Waals surface area contributed by atoms with E-state index in [0.717, 1.165) is 12.8 Å². The molecule has 0 amide bonds. The lowest BCUT2D eigenvalue weighted by Gasteiger charge is -2.26. The van der Waals surface area contributed by atoms with Crippen LogP contribution in [0.1, 0.15) is 26.2 Å². The van der Waals surface area contributed by atoms with Crippen LogP contribution in [0.4, 0.5) is 0 Å². The van der Waals surface area contributed by atoms with E-state index in [2.05, 4.69) is 5.18 Å². The standard InChI is InChI=1S/C7H13NO2/c1-5-2-3-6(8-10)4-7(5)9/h5-7,9H,2-4H2,1H3. The van der Waals surface area contributed by atoms with Gasteiger partial charge in [0, 0.05) is 0 Å². The molecule has 0 spiro atoms. The second-order valence-electron chi connectivity index (χ2n) is 3.12. The Hall–Kier alpha value is -0.440. The van der Waals surface area contributed by atoms with Gasteiger partial charge in [0.05, 0.1) is 12.1 Å². The van der Waals surface area contributed by atoms with Gasteiger partial charge in [0.2, 0.25) is 0 Å². The lowest BCUT2D eigenvalue weighted by atomic mass is 9.85. The zero-order valence-electron chi connectivity index (χ0n) is 6.16. The molecular formula is C7H13NO2. The Bertz CT molecular complexity index is 127. The minimum absolute atomic E-state index is 0.133. The first kappa shape index (κ1) is 7.66. The summed E-state index contributed by atoms with van der Waals surface area (Å²) in [4.78, 5) is 10.1. The van der Waals surface area contributed by atoms with E-state index < -0.39 is 0 Å². The molecule has 3 unspecified atom stereocenters. The van der Waals surface area contributed by atoms with E-state index in [0.29, 0.717) is 12.3 Å². The molecular weight excluding hydrogens is 130 g/mol. The average molecular weight is 143 g/mol. The summed E-state index contributed by atoms with van der Waals surface area (Å²) < 4.78 is 0. The van der Waals surface area contributed by atoms with Crippen LogP contribution >= 0.6 is 0 Å². The van der Waals surface area contributed by atoms with Crippen molar-refractivity contribution in [2.75, 3.05) is 0 Å². The van der Waals surface area contributed by atoms with Crippen LogP contribution in [0.15, 0.2) is 5.18 Å². The van der Waals surface area contributed by atoms with Crippen molar-refractivity contribution < 1.29 is 5.11 Å². The van der Waals surface area contributed by atoms with Gasteiger partial charge >= 0.3 is 0 Å². The number of aliphatic hydroxyl groups excluding tert-OH is 1. The molecule has 1 fully saturated rings. The van der Waals surface area contributed by atoms with Gasteiger partial charge < -0.3 is 5.11 Å². The van der Waals surface area contributed by atoms with E-state index in [9.17, 15) is 10.0 Å². The van der Waals surface area contributed by atoms with Crippen molar-refractivity contribution in [2.45, 2.75) is 38.3 Å².